The van der Waals surface area contributed by atoms with Gasteiger partial charge >= 0.3 is 0 Å². The first-order valence-corrected chi connectivity index (χ1v) is 7.91. The van der Waals surface area contributed by atoms with E-state index < -0.39 is 0 Å². The highest BCUT2D eigenvalue weighted by molar-refractivity contribution is 9.11. The molecule has 0 bridgehead atoms. The van der Waals surface area contributed by atoms with Crippen molar-refractivity contribution in [3.05, 3.63) is 20.8 Å². The molecule has 1 N–H and O–H groups in total. The molecule has 0 aliphatic heterocycles. The van der Waals surface area contributed by atoms with Crippen molar-refractivity contribution in [2.75, 3.05) is 12.4 Å². The molecule has 17 heavy (non-hydrogen) atoms. The second-order valence-electron chi connectivity index (χ2n) is 3.95. The van der Waals surface area contributed by atoms with E-state index in [4.69, 9.17) is 11.6 Å². The molecule has 0 aliphatic rings. The van der Waals surface area contributed by atoms with E-state index in [-0.39, 0.29) is 5.91 Å². The molecule has 1 aromatic rings. The Balaban J connectivity index is 2.40. The van der Waals surface area contributed by atoms with Crippen molar-refractivity contribution in [1.82, 2.24) is 5.32 Å². The minimum absolute atomic E-state index is 0.0105. The lowest BCUT2D eigenvalue weighted by molar-refractivity contribution is 0.0950. The van der Waals surface area contributed by atoms with Gasteiger partial charge in [-0.15, -0.1) is 22.9 Å². The van der Waals surface area contributed by atoms with Gasteiger partial charge in [0.2, 0.25) is 0 Å². The van der Waals surface area contributed by atoms with E-state index in [9.17, 15) is 4.79 Å². The molecule has 0 spiro atoms. The van der Waals surface area contributed by atoms with Crippen LogP contribution < -0.4 is 5.32 Å². The Labute approximate surface area is 120 Å². The van der Waals surface area contributed by atoms with Gasteiger partial charge in [0.1, 0.15) is 0 Å². The maximum Gasteiger partial charge on any atom is 0.261 e. The standard InChI is InChI=1S/C12H17BrClNOS/c1-2-3-9(6-7-14)8-15-12(16)10-4-5-11(13)17-10/h4-5,9H,2-3,6-8H2,1H3,(H,15,16). The van der Waals surface area contributed by atoms with E-state index in [0.717, 1.165) is 34.5 Å². The van der Waals surface area contributed by atoms with Crippen LogP contribution >= 0.6 is 38.9 Å². The number of halogens is 2. The smallest absolute Gasteiger partial charge is 0.261 e. The number of rotatable bonds is 7. The number of alkyl halides is 1. The third-order valence-electron chi connectivity index (χ3n) is 2.56. The first kappa shape index (κ1) is 15.0. The molecule has 0 saturated heterocycles. The molecule has 1 rings (SSSR count). The van der Waals surface area contributed by atoms with Crippen LogP contribution in [0.5, 0.6) is 0 Å². The van der Waals surface area contributed by atoms with E-state index in [2.05, 4.69) is 28.2 Å². The number of thiophene rings is 1. The Hall–Kier alpha value is -0.0600. The van der Waals surface area contributed by atoms with Gasteiger partial charge in [0, 0.05) is 12.4 Å². The van der Waals surface area contributed by atoms with E-state index in [1.807, 2.05) is 12.1 Å². The first-order valence-electron chi connectivity index (χ1n) is 5.76. The molecule has 0 saturated carbocycles. The fraction of sp³-hybridized carbons (Fsp3) is 0.583. The highest BCUT2D eigenvalue weighted by atomic mass is 79.9. The van der Waals surface area contributed by atoms with Crippen molar-refractivity contribution in [1.29, 1.82) is 0 Å². The van der Waals surface area contributed by atoms with Gasteiger partial charge in [-0.05, 0) is 46.8 Å². The van der Waals surface area contributed by atoms with Gasteiger partial charge in [-0.3, -0.25) is 4.79 Å². The molecule has 0 fully saturated rings. The van der Waals surface area contributed by atoms with Gasteiger partial charge in [0.05, 0.1) is 8.66 Å². The summed E-state index contributed by atoms with van der Waals surface area (Å²) in [5.74, 6) is 1.16. The summed E-state index contributed by atoms with van der Waals surface area (Å²) in [5, 5.41) is 2.97. The zero-order valence-corrected chi connectivity index (χ0v) is 13.0. The summed E-state index contributed by atoms with van der Waals surface area (Å²) in [5.41, 5.74) is 0. The number of hydrogen-bond donors (Lipinski definition) is 1. The van der Waals surface area contributed by atoms with Gasteiger partial charge in [0.25, 0.3) is 5.91 Å². The van der Waals surface area contributed by atoms with E-state index in [1.54, 1.807) is 0 Å². The van der Waals surface area contributed by atoms with E-state index >= 15 is 0 Å². The number of amides is 1. The van der Waals surface area contributed by atoms with Crippen molar-refractivity contribution >= 4 is 44.8 Å². The largest absolute Gasteiger partial charge is 0.351 e. The molecule has 1 amide bonds. The Morgan fingerprint density at radius 1 is 1.53 bits per heavy atom. The van der Waals surface area contributed by atoms with Crippen LogP contribution in [0.3, 0.4) is 0 Å². The summed E-state index contributed by atoms with van der Waals surface area (Å²) in [6.45, 7) is 2.87. The summed E-state index contributed by atoms with van der Waals surface area (Å²) < 4.78 is 0.980. The summed E-state index contributed by atoms with van der Waals surface area (Å²) in [7, 11) is 0. The van der Waals surface area contributed by atoms with Gasteiger partial charge in [-0.2, -0.15) is 0 Å². The quantitative estimate of drug-likeness (QED) is 0.738. The third kappa shape index (κ3) is 5.40. The normalized spacial score (nSPS) is 12.4. The number of hydrogen-bond acceptors (Lipinski definition) is 2. The number of carbonyl (C=O) groups excluding carboxylic acids is 1. The maximum atomic E-state index is 11.8. The lowest BCUT2D eigenvalue weighted by Gasteiger charge is -2.15. The molecule has 0 radical (unpaired) electrons. The van der Waals surface area contributed by atoms with Crippen LogP contribution in [0.4, 0.5) is 0 Å². The van der Waals surface area contributed by atoms with E-state index in [1.165, 1.54) is 11.3 Å². The minimum Gasteiger partial charge on any atom is -0.351 e. The second-order valence-corrected chi connectivity index (χ2v) is 6.79. The maximum absolute atomic E-state index is 11.8. The third-order valence-corrected chi connectivity index (χ3v) is 4.40. The van der Waals surface area contributed by atoms with Gasteiger partial charge in [-0.25, -0.2) is 0 Å². The lowest BCUT2D eigenvalue weighted by atomic mass is 10.0. The SMILES string of the molecule is CCCC(CCCl)CNC(=O)c1ccc(Br)s1. The van der Waals surface area contributed by atoms with Gasteiger partial charge in [0.15, 0.2) is 0 Å². The summed E-state index contributed by atoms with van der Waals surface area (Å²) in [6, 6.07) is 3.72. The van der Waals surface area contributed by atoms with Crippen LogP contribution in [0.1, 0.15) is 35.9 Å². The molecular weight excluding hydrogens is 322 g/mol. The minimum atomic E-state index is 0.0105. The van der Waals surface area contributed by atoms with Gasteiger partial charge in [-0.1, -0.05) is 13.3 Å². The van der Waals surface area contributed by atoms with Crippen LogP contribution in [0.2, 0.25) is 0 Å². The fourth-order valence-electron chi connectivity index (χ4n) is 1.67. The molecule has 1 aromatic heterocycles. The summed E-state index contributed by atoms with van der Waals surface area (Å²) in [4.78, 5) is 12.6. The monoisotopic (exact) mass is 337 g/mol. The average molecular weight is 339 g/mol. The van der Waals surface area contributed by atoms with Crippen molar-refractivity contribution in [2.45, 2.75) is 26.2 Å². The fourth-order valence-corrected chi connectivity index (χ4v) is 3.28. The predicted molar refractivity (Wildman–Crippen MR) is 78.1 cm³/mol. The zero-order valence-electron chi connectivity index (χ0n) is 9.84. The summed E-state index contributed by atoms with van der Waals surface area (Å²) in [6.07, 6.45) is 3.20. The molecule has 96 valence electrons. The molecule has 0 aliphatic carbocycles. The number of carbonyl (C=O) groups is 1. The van der Waals surface area contributed by atoms with E-state index in [0.29, 0.717) is 11.8 Å². The first-order chi connectivity index (χ1) is 8.17. The summed E-state index contributed by atoms with van der Waals surface area (Å²) >= 11 is 10.6. The van der Waals surface area contributed by atoms with Crippen LogP contribution in [0, 0.1) is 5.92 Å². The molecule has 5 heteroatoms. The van der Waals surface area contributed by atoms with Crippen LogP contribution in [0.15, 0.2) is 15.9 Å². The van der Waals surface area contributed by atoms with Crippen LogP contribution in [-0.2, 0) is 0 Å². The molecule has 1 atom stereocenters. The molecule has 0 aromatic carbocycles. The molecule has 2 nitrogen and oxygen atoms in total. The Bertz CT molecular complexity index is 350. The van der Waals surface area contributed by atoms with Gasteiger partial charge < -0.3 is 5.32 Å². The van der Waals surface area contributed by atoms with Crippen LogP contribution in [0.25, 0.3) is 0 Å². The molecule has 1 unspecified atom stereocenters. The number of nitrogens with one attached hydrogen (secondary N) is 1. The Morgan fingerprint density at radius 2 is 2.29 bits per heavy atom. The average Bonchev–Trinajstić information content (AvgIpc) is 2.73. The highest BCUT2D eigenvalue weighted by Gasteiger charge is 2.12. The predicted octanol–water partition coefficient (Wildman–Crippen LogP) is 4.29. The zero-order chi connectivity index (χ0) is 12.7. The second kappa shape index (κ2) is 8.11. The lowest BCUT2D eigenvalue weighted by Crippen LogP contribution is -2.29. The van der Waals surface area contributed by atoms with Crippen LogP contribution in [-0.4, -0.2) is 18.3 Å². The Kier molecular flexibility index (Phi) is 7.16. The van der Waals surface area contributed by atoms with Crippen molar-refractivity contribution in [3.8, 4) is 0 Å². The van der Waals surface area contributed by atoms with Crippen molar-refractivity contribution in [3.63, 3.8) is 0 Å². The Morgan fingerprint density at radius 3 is 2.82 bits per heavy atom. The molecular formula is C12H17BrClNOS. The topological polar surface area (TPSA) is 29.1 Å². The highest BCUT2D eigenvalue weighted by Crippen LogP contribution is 2.22. The van der Waals surface area contributed by atoms with Crippen molar-refractivity contribution < 1.29 is 4.79 Å². The van der Waals surface area contributed by atoms with Crippen molar-refractivity contribution in [2.24, 2.45) is 5.92 Å². The molecule has 1 heterocycles.